The molecule has 1 heterocycles. The number of benzene rings is 2. The summed E-state index contributed by atoms with van der Waals surface area (Å²) in [6.07, 6.45) is 0.372. The van der Waals surface area contributed by atoms with Crippen LogP contribution >= 0.6 is 0 Å². The fraction of sp³-hybridized carbons (Fsp3) is 0.417. The molecule has 0 aliphatic carbocycles. The second-order valence-corrected chi connectivity index (χ2v) is 7.70. The Labute approximate surface area is 173 Å². The molecule has 0 radical (unpaired) electrons. The number of hydrogen-bond donors (Lipinski definition) is 0. The highest BCUT2D eigenvalue weighted by Gasteiger charge is 2.25. The summed E-state index contributed by atoms with van der Waals surface area (Å²) in [4.78, 5) is 29.0. The molecule has 0 N–H and O–H groups in total. The minimum absolute atomic E-state index is 0.0407. The van der Waals surface area contributed by atoms with Crippen LogP contribution < -0.4 is 4.74 Å². The van der Waals surface area contributed by atoms with Crippen LogP contribution in [-0.2, 0) is 11.2 Å². The first kappa shape index (κ1) is 20.9. The van der Waals surface area contributed by atoms with Crippen molar-refractivity contribution in [2.75, 3.05) is 32.8 Å². The Morgan fingerprint density at radius 3 is 2.03 bits per heavy atom. The van der Waals surface area contributed by atoms with Crippen molar-refractivity contribution in [1.29, 1.82) is 0 Å². The first-order valence-corrected chi connectivity index (χ1v) is 10.4. The highest BCUT2D eigenvalue weighted by atomic mass is 16.5. The van der Waals surface area contributed by atoms with Gasteiger partial charge in [0.1, 0.15) is 5.75 Å². The van der Waals surface area contributed by atoms with Crippen molar-refractivity contribution >= 4 is 11.8 Å². The van der Waals surface area contributed by atoms with E-state index in [1.165, 1.54) is 5.56 Å². The zero-order chi connectivity index (χ0) is 20.8. The predicted molar refractivity (Wildman–Crippen MR) is 114 cm³/mol. The molecule has 3 rings (SSSR count). The summed E-state index contributed by atoms with van der Waals surface area (Å²) in [5, 5.41) is 0. The van der Waals surface area contributed by atoms with Crippen molar-refractivity contribution in [2.45, 2.75) is 33.1 Å². The molecule has 1 fully saturated rings. The highest BCUT2D eigenvalue weighted by molar-refractivity contribution is 5.94. The molecule has 1 saturated heterocycles. The molecule has 5 heteroatoms. The van der Waals surface area contributed by atoms with Crippen LogP contribution in [-0.4, -0.2) is 54.4 Å². The third-order valence-corrected chi connectivity index (χ3v) is 5.33. The number of nitrogens with zero attached hydrogens (tertiary/aromatic N) is 2. The smallest absolute Gasteiger partial charge is 0.253 e. The first-order valence-electron chi connectivity index (χ1n) is 10.4. The number of carbonyl (C=O) groups excluding carboxylic acids is 2. The predicted octanol–water partition coefficient (Wildman–Crippen LogP) is 3.74. The van der Waals surface area contributed by atoms with Gasteiger partial charge in [0.15, 0.2) is 0 Å². The molecule has 0 aromatic heterocycles. The first-order chi connectivity index (χ1) is 14.0. The lowest BCUT2D eigenvalue weighted by molar-refractivity contribution is -0.131. The van der Waals surface area contributed by atoms with Crippen LogP contribution in [0.2, 0.25) is 0 Å². The number of piperazine rings is 1. The monoisotopic (exact) mass is 394 g/mol. The maximum atomic E-state index is 12.7. The quantitative estimate of drug-likeness (QED) is 0.750. The molecule has 2 aromatic rings. The molecule has 0 bridgehead atoms. The molecule has 29 heavy (non-hydrogen) atoms. The fourth-order valence-electron chi connectivity index (χ4n) is 3.51. The normalized spacial score (nSPS) is 14.2. The van der Waals surface area contributed by atoms with Gasteiger partial charge in [0, 0.05) is 31.7 Å². The number of amides is 2. The van der Waals surface area contributed by atoms with Crippen molar-refractivity contribution in [3.8, 4) is 5.75 Å². The summed E-state index contributed by atoms with van der Waals surface area (Å²) in [7, 11) is 0. The Hall–Kier alpha value is -2.82. The Morgan fingerprint density at radius 2 is 1.48 bits per heavy atom. The van der Waals surface area contributed by atoms with Gasteiger partial charge in [-0.05, 0) is 48.2 Å². The molecule has 5 nitrogen and oxygen atoms in total. The maximum Gasteiger partial charge on any atom is 0.253 e. The van der Waals surface area contributed by atoms with Gasteiger partial charge in [-0.25, -0.2) is 0 Å². The topological polar surface area (TPSA) is 49.9 Å². The molecule has 1 aliphatic heterocycles. The minimum Gasteiger partial charge on any atom is -0.494 e. The summed E-state index contributed by atoms with van der Waals surface area (Å²) in [5.41, 5.74) is 2.91. The van der Waals surface area contributed by atoms with Crippen LogP contribution in [0, 0.1) is 0 Å². The molecule has 0 saturated carbocycles. The van der Waals surface area contributed by atoms with E-state index < -0.39 is 0 Å². The van der Waals surface area contributed by atoms with Gasteiger partial charge in [-0.3, -0.25) is 9.59 Å². The molecule has 154 valence electrons. The molecular formula is C24H30N2O3. The van der Waals surface area contributed by atoms with Crippen molar-refractivity contribution in [3.05, 3.63) is 65.2 Å². The van der Waals surface area contributed by atoms with Crippen LogP contribution in [0.3, 0.4) is 0 Å². The van der Waals surface area contributed by atoms with E-state index in [1.54, 1.807) is 0 Å². The molecule has 1 aliphatic rings. The van der Waals surface area contributed by atoms with Crippen LogP contribution in [0.5, 0.6) is 5.75 Å². The zero-order valence-electron chi connectivity index (χ0n) is 17.6. The molecule has 0 unspecified atom stereocenters. The van der Waals surface area contributed by atoms with Gasteiger partial charge in [0.25, 0.3) is 5.91 Å². The minimum atomic E-state index is 0.0407. The Morgan fingerprint density at radius 1 is 0.897 bits per heavy atom. The third-order valence-electron chi connectivity index (χ3n) is 5.33. The van der Waals surface area contributed by atoms with Crippen LogP contribution in [0.25, 0.3) is 0 Å². The summed E-state index contributed by atoms with van der Waals surface area (Å²) < 4.78 is 5.44. The van der Waals surface area contributed by atoms with Crippen molar-refractivity contribution in [2.24, 2.45) is 0 Å². The van der Waals surface area contributed by atoms with Gasteiger partial charge in [-0.1, -0.05) is 38.1 Å². The number of carbonyl (C=O) groups is 2. The van der Waals surface area contributed by atoms with Crippen molar-refractivity contribution in [1.82, 2.24) is 9.80 Å². The van der Waals surface area contributed by atoms with Gasteiger partial charge >= 0.3 is 0 Å². The summed E-state index contributed by atoms with van der Waals surface area (Å²) >= 11 is 0. The number of hydrogen-bond acceptors (Lipinski definition) is 3. The fourth-order valence-corrected chi connectivity index (χ4v) is 3.51. The van der Waals surface area contributed by atoms with E-state index in [9.17, 15) is 9.59 Å². The van der Waals surface area contributed by atoms with Crippen LogP contribution in [0.15, 0.2) is 48.5 Å². The van der Waals surface area contributed by atoms with Gasteiger partial charge in [-0.2, -0.15) is 0 Å². The Bertz CT molecular complexity index is 820. The summed E-state index contributed by atoms with van der Waals surface area (Å²) in [6.45, 7) is 9.14. The van der Waals surface area contributed by atoms with E-state index in [2.05, 4.69) is 13.8 Å². The molecule has 0 spiro atoms. The number of ether oxygens (including phenoxy) is 1. The molecule has 2 aromatic carbocycles. The van der Waals surface area contributed by atoms with Gasteiger partial charge in [0.05, 0.1) is 13.0 Å². The largest absolute Gasteiger partial charge is 0.494 e. The van der Waals surface area contributed by atoms with E-state index in [0.717, 1.165) is 11.3 Å². The van der Waals surface area contributed by atoms with E-state index in [-0.39, 0.29) is 11.8 Å². The average Bonchev–Trinajstić information content (AvgIpc) is 2.75. The Kier molecular flexibility index (Phi) is 6.91. The lowest BCUT2D eigenvalue weighted by atomic mass is 10.0. The number of rotatable bonds is 6. The van der Waals surface area contributed by atoms with Gasteiger partial charge in [-0.15, -0.1) is 0 Å². The van der Waals surface area contributed by atoms with E-state index in [1.807, 2.05) is 65.3 Å². The maximum absolute atomic E-state index is 12.7. The lowest BCUT2D eigenvalue weighted by Gasteiger charge is -2.35. The van der Waals surface area contributed by atoms with Crippen LogP contribution in [0.1, 0.15) is 48.2 Å². The van der Waals surface area contributed by atoms with Crippen LogP contribution in [0.4, 0.5) is 0 Å². The Balaban J connectivity index is 1.51. The van der Waals surface area contributed by atoms with Crippen molar-refractivity contribution in [3.63, 3.8) is 0 Å². The average molecular weight is 395 g/mol. The van der Waals surface area contributed by atoms with E-state index in [4.69, 9.17) is 4.74 Å². The SMILES string of the molecule is CCOc1ccc(CC(=O)N2CCN(C(=O)c3ccc(C(C)C)cc3)CC2)cc1. The molecule has 0 atom stereocenters. The standard InChI is InChI=1S/C24H30N2O3/c1-4-29-22-11-5-19(6-12-22)17-23(27)25-13-15-26(16-14-25)24(28)21-9-7-20(8-10-21)18(2)3/h5-12,18H,4,13-17H2,1-3H3. The second-order valence-electron chi connectivity index (χ2n) is 7.70. The van der Waals surface area contributed by atoms with Gasteiger partial charge < -0.3 is 14.5 Å². The molecule has 2 amide bonds. The zero-order valence-corrected chi connectivity index (χ0v) is 17.6. The highest BCUT2D eigenvalue weighted by Crippen LogP contribution is 2.17. The third kappa shape index (κ3) is 5.37. The van der Waals surface area contributed by atoms with E-state index in [0.29, 0.717) is 50.7 Å². The molecular weight excluding hydrogens is 364 g/mol. The van der Waals surface area contributed by atoms with Crippen molar-refractivity contribution < 1.29 is 14.3 Å². The summed E-state index contributed by atoms with van der Waals surface area (Å²) in [5.74, 6) is 1.41. The van der Waals surface area contributed by atoms with E-state index >= 15 is 0 Å². The summed E-state index contributed by atoms with van der Waals surface area (Å²) in [6, 6.07) is 15.5. The second kappa shape index (κ2) is 9.59. The van der Waals surface area contributed by atoms with Gasteiger partial charge in [0.2, 0.25) is 5.91 Å². The lowest BCUT2D eigenvalue weighted by Crippen LogP contribution is -2.51.